The number of benzene rings is 3. The summed E-state index contributed by atoms with van der Waals surface area (Å²) < 4.78 is 7.60. The third-order valence-corrected chi connectivity index (χ3v) is 12.5. The third-order valence-electron chi connectivity index (χ3n) is 11.5. The molecule has 1 aliphatic heterocycles. The number of aryl methyl sites for hydroxylation is 2. The topological polar surface area (TPSA) is 211 Å². The summed E-state index contributed by atoms with van der Waals surface area (Å²) >= 11 is 1.57. The van der Waals surface area contributed by atoms with Crippen LogP contribution in [0.2, 0.25) is 0 Å². The van der Waals surface area contributed by atoms with Crippen molar-refractivity contribution in [1.82, 2.24) is 40.5 Å². The molecule has 16 heteroatoms. The molecule has 6 N–H and O–H groups in total. The van der Waals surface area contributed by atoms with Gasteiger partial charge in [-0.3, -0.25) is 19.1 Å². The van der Waals surface area contributed by atoms with Crippen LogP contribution < -0.4 is 16.4 Å². The van der Waals surface area contributed by atoms with Gasteiger partial charge < -0.3 is 36.2 Å². The minimum absolute atomic E-state index is 0.00769. The number of nitrogen functional groups attached to an aromatic ring is 1. The van der Waals surface area contributed by atoms with E-state index in [1.807, 2.05) is 74.4 Å². The van der Waals surface area contributed by atoms with Crippen molar-refractivity contribution < 1.29 is 29.3 Å². The first-order valence-electron chi connectivity index (χ1n) is 21.3. The summed E-state index contributed by atoms with van der Waals surface area (Å²) in [5, 5.41) is 39.6. The first-order valence-corrected chi connectivity index (χ1v) is 22.2. The number of phenolic OH excluding ortho intramolecular Hbond substituents is 1. The molecule has 1 unspecified atom stereocenters. The van der Waals surface area contributed by atoms with Crippen LogP contribution in [0.4, 0.5) is 5.82 Å². The highest BCUT2D eigenvalue weighted by Crippen LogP contribution is 2.33. The number of nitrogens with two attached hydrogens (primary N) is 1. The van der Waals surface area contributed by atoms with E-state index in [4.69, 9.17) is 10.5 Å². The van der Waals surface area contributed by atoms with Crippen LogP contribution in [0, 0.1) is 12.3 Å². The lowest BCUT2D eigenvalue weighted by Crippen LogP contribution is -2.58. The van der Waals surface area contributed by atoms with Crippen LogP contribution in [0.1, 0.15) is 69.0 Å². The number of ether oxygens (including phenoxy) is 1. The number of aliphatic hydroxyl groups excluding tert-OH is 1. The Balaban J connectivity index is 0.865. The maximum absolute atomic E-state index is 14.0. The molecule has 1 aliphatic rings. The van der Waals surface area contributed by atoms with Crippen LogP contribution >= 0.6 is 11.3 Å². The molecule has 4 heterocycles. The highest BCUT2D eigenvalue weighted by molar-refractivity contribution is 7.13. The van der Waals surface area contributed by atoms with E-state index in [-0.39, 0.29) is 49.6 Å². The number of β-amino-alcohol motifs (C(OH)–C–C–N with tert-alkyl or cyclic N) is 1. The fourth-order valence-corrected chi connectivity index (χ4v) is 8.60. The number of anilines is 1. The van der Waals surface area contributed by atoms with Crippen molar-refractivity contribution in [2.24, 2.45) is 5.41 Å². The Morgan fingerprint density at radius 2 is 1.72 bits per heavy atom. The summed E-state index contributed by atoms with van der Waals surface area (Å²) in [4.78, 5) is 47.4. The highest BCUT2D eigenvalue weighted by Gasteiger charge is 2.44. The Labute approximate surface area is 376 Å². The second-order valence-electron chi connectivity index (χ2n) is 17.3. The van der Waals surface area contributed by atoms with E-state index in [1.165, 1.54) is 4.90 Å². The van der Waals surface area contributed by atoms with Gasteiger partial charge in [-0.2, -0.15) is 5.10 Å². The molecule has 6 aromatic rings. The summed E-state index contributed by atoms with van der Waals surface area (Å²) in [6.45, 7) is 9.93. The number of carbonyl (C=O) groups excluding carboxylic acids is 3. The van der Waals surface area contributed by atoms with Gasteiger partial charge in [0.05, 0.1) is 40.1 Å². The molecule has 1 saturated heterocycles. The van der Waals surface area contributed by atoms with Crippen LogP contribution in [-0.2, 0) is 32.1 Å². The Kier molecular flexibility index (Phi) is 14.2. The molecule has 15 nitrogen and oxygen atoms in total. The minimum atomic E-state index is -0.949. The number of amides is 3. The molecule has 0 aliphatic carbocycles. The molecular formula is C48H55N9O6S. The van der Waals surface area contributed by atoms with Crippen LogP contribution in [0.3, 0.4) is 0 Å². The molecule has 0 bridgehead atoms. The molecule has 7 rings (SSSR count). The van der Waals surface area contributed by atoms with E-state index in [0.717, 1.165) is 44.8 Å². The predicted octanol–water partition coefficient (Wildman–Crippen LogP) is 6.09. The van der Waals surface area contributed by atoms with Crippen molar-refractivity contribution in [2.45, 2.75) is 84.7 Å². The van der Waals surface area contributed by atoms with E-state index in [1.54, 1.807) is 41.8 Å². The van der Waals surface area contributed by atoms with Gasteiger partial charge in [0.15, 0.2) is 5.82 Å². The highest BCUT2D eigenvalue weighted by atomic mass is 32.1. The fourth-order valence-electron chi connectivity index (χ4n) is 7.78. The third kappa shape index (κ3) is 10.8. The summed E-state index contributed by atoms with van der Waals surface area (Å²) in [5.74, 6) is -0.866. The summed E-state index contributed by atoms with van der Waals surface area (Å²) in [6.07, 6.45) is 4.29. The lowest BCUT2D eigenvalue weighted by atomic mass is 9.85. The Bertz CT molecular complexity index is 2570. The van der Waals surface area contributed by atoms with Gasteiger partial charge in [-0.05, 0) is 72.6 Å². The van der Waals surface area contributed by atoms with E-state index in [9.17, 15) is 24.6 Å². The zero-order chi connectivity index (χ0) is 45.5. The fraction of sp³-hybridized carbons (Fsp3) is 0.354. The first-order chi connectivity index (χ1) is 30.7. The summed E-state index contributed by atoms with van der Waals surface area (Å²) in [7, 11) is 0. The molecule has 0 saturated carbocycles. The lowest BCUT2D eigenvalue weighted by Gasteiger charge is -2.35. The minimum Gasteiger partial charge on any atom is -0.507 e. The van der Waals surface area contributed by atoms with E-state index in [2.05, 4.69) is 62.1 Å². The van der Waals surface area contributed by atoms with Gasteiger partial charge in [0.1, 0.15) is 24.4 Å². The molecule has 1 fully saturated rings. The number of aromatic nitrogens is 5. The molecule has 334 valence electrons. The number of nitrogens with one attached hydrogen (secondary N) is 2. The van der Waals surface area contributed by atoms with Gasteiger partial charge in [-0.15, -0.1) is 21.5 Å². The van der Waals surface area contributed by atoms with E-state index < -0.39 is 35.4 Å². The Hall–Kier alpha value is -6.49. The number of hydrogen-bond acceptors (Lipinski definition) is 12. The van der Waals surface area contributed by atoms with Crippen LogP contribution in [0.25, 0.3) is 32.8 Å². The largest absolute Gasteiger partial charge is 0.507 e. The number of hydrogen-bond donors (Lipinski definition) is 5. The first kappa shape index (κ1) is 45.5. The Morgan fingerprint density at radius 1 is 0.984 bits per heavy atom. The number of carbonyl (C=O) groups is 3. The van der Waals surface area contributed by atoms with Gasteiger partial charge in [0.25, 0.3) is 0 Å². The summed E-state index contributed by atoms with van der Waals surface area (Å²) in [5.41, 5.74) is 14.9. The molecule has 64 heavy (non-hydrogen) atoms. The normalized spacial score (nSPS) is 16.1. The second kappa shape index (κ2) is 19.9. The molecule has 3 aromatic heterocycles. The maximum Gasteiger partial charge on any atom is 0.246 e. The number of likely N-dealkylation sites (tertiary alicyclic amines) is 1. The molecule has 0 radical (unpaired) electrons. The average Bonchev–Trinajstić information content (AvgIpc) is 4.05. The van der Waals surface area contributed by atoms with E-state index in [0.29, 0.717) is 29.8 Å². The van der Waals surface area contributed by atoms with Gasteiger partial charge in [0, 0.05) is 49.0 Å². The SMILES string of the molecule is Cc1ncsc1-c1ccc(CNC(=O)[C@@H]2C[C@@H](O)CN2C(=O)[C@@H](NC(=O)COCCCc2ccc(C(C)n3cc(-c4cc(-c5ccccc5O)nnc4N)cn3)cc2)C(C)(C)C)cc1. The van der Waals surface area contributed by atoms with Gasteiger partial charge in [-0.25, -0.2) is 4.98 Å². The molecule has 0 spiro atoms. The van der Waals surface area contributed by atoms with Crippen molar-refractivity contribution in [3.63, 3.8) is 0 Å². The van der Waals surface area contributed by atoms with Crippen molar-refractivity contribution in [2.75, 3.05) is 25.5 Å². The van der Waals surface area contributed by atoms with Crippen LogP contribution in [-0.4, -0.2) is 95.7 Å². The molecule has 3 amide bonds. The van der Waals surface area contributed by atoms with Crippen LogP contribution in [0.5, 0.6) is 5.75 Å². The second-order valence-corrected chi connectivity index (χ2v) is 18.1. The van der Waals surface area contributed by atoms with E-state index >= 15 is 0 Å². The number of phenols is 1. The van der Waals surface area contributed by atoms with Crippen molar-refractivity contribution >= 4 is 34.9 Å². The maximum atomic E-state index is 14.0. The zero-order valence-electron chi connectivity index (χ0n) is 36.7. The number of rotatable bonds is 16. The smallest absolute Gasteiger partial charge is 0.246 e. The number of nitrogens with zero attached hydrogens (tertiary/aromatic N) is 6. The quantitative estimate of drug-likeness (QED) is 0.0702. The van der Waals surface area contributed by atoms with Gasteiger partial charge in [-0.1, -0.05) is 81.4 Å². The van der Waals surface area contributed by atoms with Gasteiger partial charge in [0.2, 0.25) is 17.7 Å². The van der Waals surface area contributed by atoms with Crippen LogP contribution in [0.15, 0.2) is 96.8 Å². The van der Waals surface area contributed by atoms with Gasteiger partial charge >= 0.3 is 0 Å². The Morgan fingerprint density at radius 3 is 2.42 bits per heavy atom. The predicted molar refractivity (Wildman–Crippen MR) is 246 cm³/mol. The number of aliphatic hydroxyl groups is 1. The van der Waals surface area contributed by atoms with Crippen molar-refractivity contribution in [1.29, 1.82) is 0 Å². The number of thiazole rings is 1. The number of para-hydroxylation sites is 1. The standard InChI is InChI=1S/C48H55N9O6S/c1-29-43(64-28-51-29)34-18-14-32(15-19-34)23-50-46(61)40-21-36(58)26-56(40)47(62)44(48(3,4)5)53-42(60)27-63-20-8-9-31-12-16-33(17-13-31)30(2)57-25-35(24-52-57)38-22-39(54-55-45(38)49)37-10-6-7-11-41(37)59/h6-7,10-19,22,24-25,28,30,36,40,44,58-59H,8-9,20-21,23,26-27H2,1-5H3,(H2,49,55)(H,50,61)(H,53,60)/t30?,36-,40+,44-/m1/s1. The van der Waals surface area contributed by atoms with Crippen molar-refractivity contribution in [3.8, 4) is 38.6 Å². The zero-order valence-corrected chi connectivity index (χ0v) is 37.5. The average molecular weight is 886 g/mol. The number of aromatic hydroxyl groups is 1. The molecule has 4 atom stereocenters. The molecular weight excluding hydrogens is 831 g/mol. The lowest BCUT2D eigenvalue weighted by molar-refractivity contribution is -0.144. The van der Waals surface area contributed by atoms with Crippen molar-refractivity contribution in [3.05, 3.63) is 119 Å². The monoisotopic (exact) mass is 885 g/mol. The molecule has 3 aromatic carbocycles. The summed E-state index contributed by atoms with van der Waals surface area (Å²) in [6, 6.07) is 23.0.